The molecule has 0 spiro atoms. The van der Waals surface area contributed by atoms with Crippen LogP contribution in [0, 0.1) is 5.82 Å². The van der Waals surface area contributed by atoms with E-state index in [9.17, 15) is 9.18 Å². The molecule has 0 saturated carbocycles. The molecule has 0 unspecified atom stereocenters. The van der Waals surface area contributed by atoms with E-state index in [-0.39, 0.29) is 18.3 Å². The summed E-state index contributed by atoms with van der Waals surface area (Å²) in [5, 5.41) is 3.05. The van der Waals surface area contributed by atoms with Crippen LogP contribution in [0.4, 0.5) is 4.39 Å². The summed E-state index contributed by atoms with van der Waals surface area (Å²) in [4.78, 5) is 16.5. The Balaban J connectivity index is 1.39. The fraction of sp³-hybridized carbons (Fsp3) is 0.350. The Kier molecular flexibility index (Phi) is 6.14. The van der Waals surface area contributed by atoms with Gasteiger partial charge in [0.1, 0.15) is 5.82 Å². The van der Waals surface area contributed by atoms with Crippen LogP contribution in [-0.2, 0) is 17.9 Å². The second kappa shape index (κ2) is 8.74. The smallest absolute Gasteiger partial charge is 0.236 e. The van der Waals surface area contributed by atoms with Crippen molar-refractivity contribution in [3.8, 4) is 0 Å². The van der Waals surface area contributed by atoms with Crippen molar-refractivity contribution in [2.75, 3.05) is 32.7 Å². The highest BCUT2D eigenvalue weighted by molar-refractivity contribution is 5.78. The molecule has 0 bridgehead atoms. The molecule has 4 nitrogen and oxygen atoms in total. The highest BCUT2D eigenvalue weighted by Gasteiger charge is 2.20. The molecule has 5 heteroatoms. The highest BCUT2D eigenvalue weighted by atomic mass is 19.1. The number of carbonyl (C=O) groups excluding carboxylic acids is 1. The summed E-state index contributed by atoms with van der Waals surface area (Å²) in [5.74, 6) is -0.160. The maximum atomic E-state index is 13.5. The lowest BCUT2D eigenvalue weighted by Crippen LogP contribution is -2.50. The number of hydrogen-bond donors (Lipinski definition) is 1. The third-order valence-corrected chi connectivity index (χ3v) is 4.52. The molecule has 0 atom stereocenters. The van der Waals surface area contributed by atoms with E-state index in [0.717, 1.165) is 32.7 Å². The van der Waals surface area contributed by atoms with Crippen LogP contribution in [0.25, 0.3) is 0 Å². The monoisotopic (exact) mass is 341 g/mol. The van der Waals surface area contributed by atoms with Crippen LogP contribution in [0.5, 0.6) is 0 Å². The second-order valence-corrected chi connectivity index (χ2v) is 6.34. The summed E-state index contributed by atoms with van der Waals surface area (Å²) < 4.78 is 13.5. The van der Waals surface area contributed by atoms with Gasteiger partial charge in [0.05, 0.1) is 6.54 Å². The van der Waals surface area contributed by atoms with Crippen molar-refractivity contribution in [3.63, 3.8) is 0 Å². The van der Waals surface area contributed by atoms with Crippen LogP contribution in [0.3, 0.4) is 0 Å². The molecule has 1 amide bonds. The molecule has 2 aromatic rings. The summed E-state index contributed by atoms with van der Waals surface area (Å²) >= 11 is 0. The number of rotatable bonds is 6. The minimum atomic E-state index is -0.239. The van der Waals surface area contributed by atoms with Gasteiger partial charge in [-0.2, -0.15) is 0 Å². The Hall–Kier alpha value is -2.24. The zero-order chi connectivity index (χ0) is 17.5. The zero-order valence-corrected chi connectivity index (χ0v) is 14.3. The molecule has 0 radical (unpaired) electrons. The molecule has 25 heavy (non-hydrogen) atoms. The zero-order valence-electron chi connectivity index (χ0n) is 14.3. The molecular formula is C20H24FN3O. The third-order valence-electron chi connectivity index (χ3n) is 4.52. The molecule has 0 aromatic heterocycles. The number of piperazine rings is 1. The summed E-state index contributed by atoms with van der Waals surface area (Å²) in [6, 6.07) is 17.0. The molecule has 1 fully saturated rings. The van der Waals surface area contributed by atoms with E-state index in [0.29, 0.717) is 12.1 Å². The van der Waals surface area contributed by atoms with Crippen molar-refractivity contribution in [2.45, 2.75) is 13.1 Å². The summed E-state index contributed by atoms with van der Waals surface area (Å²) in [6.45, 7) is 4.79. The molecular weight excluding hydrogens is 317 g/mol. The summed E-state index contributed by atoms with van der Waals surface area (Å²) in [6.07, 6.45) is 0. The van der Waals surface area contributed by atoms with Crippen molar-refractivity contribution in [1.29, 1.82) is 0 Å². The molecule has 132 valence electrons. The van der Waals surface area contributed by atoms with Crippen LogP contribution < -0.4 is 5.32 Å². The number of nitrogens with one attached hydrogen (secondary N) is 1. The van der Waals surface area contributed by atoms with Gasteiger partial charge < -0.3 is 10.2 Å². The Bertz CT molecular complexity index is 684. The fourth-order valence-electron chi connectivity index (χ4n) is 3.05. The van der Waals surface area contributed by atoms with Crippen LogP contribution in [0.1, 0.15) is 11.1 Å². The topological polar surface area (TPSA) is 35.6 Å². The van der Waals surface area contributed by atoms with Gasteiger partial charge in [-0.05, 0) is 11.6 Å². The summed E-state index contributed by atoms with van der Waals surface area (Å²) in [7, 11) is 0. The number of carbonyl (C=O) groups is 1. The molecule has 3 rings (SSSR count). The van der Waals surface area contributed by atoms with Crippen molar-refractivity contribution < 1.29 is 9.18 Å². The molecule has 1 heterocycles. The lowest BCUT2D eigenvalue weighted by molar-refractivity contribution is -0.132. The van der Waals surface area contributed by atoms with Crippen LogP contribution in [-0.4, -0.2) is 48.4 Å². The first-order valence-electron chi connectivity index (χ1n) is 8.70. The predicted octanol–water partition coefficient (Wildman–Crippen LogP) is 2.26. The van der Waals surface area contributed by atoms with Crippen molar-refractivity contribution >= 4 is 5.91 Å². The molecule has 0 aliphatic carbocycles. The third kappa shape index (κ3) is 5.11. The van der Waals surface area contributed by atoms with E-state index in [2.05, 4.69) is 34.5 Å². The van der Waals surface area contributed by atoms with Gasteiger partial charge in [-0.25, -0.2) is 4.39 Å². The minimum absolute atomic E-state index is 0.0794. The molecule has 1 saturated heterocycles. The van der Waals surface area contributed by atoms with Gasteiger partial charge in [0, 0.05) is 44.8 Å². The number of nitrogens with zero attached hydrogens (tertiary/aromatic N) is 2. The minimum Gasteiger partial charge on any atom is -0.339 e. The van der Waals surface area contributed by atoms with E-state index >= 15 is 0 Å². The van der Waals surface area contributed by atoms with Gasteiger partial charge in [-0.1, -0.05) is 48.5 Å². The Morgan fingerprint density at radius 1 is 0.960 bits per heavy atom. The van der Waals surface area contributed by atoms with Gasteiger partial charge in [-0.15, -0.1) is 0 Å². The maximum absolute atomic E-state index is 13.5. The van der Waals surface area contributed by atoms with Crippen molar-refractivity contribution in [3.05, 3.63) is 71.5 Å². The number of hydrogen-bond acceptors (Lipinski definition) is 3. The predicted molar refractivity (Wildman–Crippen MR) is 96.4 cm³/mol. The van der Waals surface area contributed by atoms with E-state index < -0.39 is 0 Å². The van der Waals surface area contributed by atoms with Gasteiger partial charge in [0.2, 0.25) is 5.91 Å². The van der Waals surface area contributed by atoms with E-state index in [4.69, 9.17) is 0 Å². The fourth-order valence-corrected chi connectivity index (χ4v) is 3.05. The number of halogens is 1. The molecule has 1 N–H and O–H groups in total. The number of amides is 1. The molecule has 1 aliphatic heterocycles. The SMILES string of the molecule is O=C(CNCc1ccccc1F)N1CCN(Cc2ccccc2)CC1. The second-order valence-electron chi connectivity index (χ2n) is 6.34. The van der Waals surface area contributed by atoms with Crippen LogP contribution in [0.2, 0.25) is 0 Å². The van der Waals surface area contributed by atoms with Gasteiger partial charge in [0.25, 0.3) is 0 Å². The average molecular weight is 341 g/mol. The van der Waals surface area contributed by atoms with E-state index in [1.54, 1.807) is 18.2 Å². The first-order valence-corrected chi connectivity index (χ1v) is 8.70. The number of benzene rings is 2. The first kappa shape index (κ1) is 17.6. The molecule has 1 aliphatic rings. The maximum Gasteiger partial charge on any atom is 0.236 e. The quantitative estimate of drug-likeness (QED) is 0.875. The van der Waals surface area contributed by atoms with Gasteiger partial charge in [0.15, 0.2) is 0 Å². The van der Waals surface area contributed by atoms with Crippen molar-refractivity contribution in [2.24, 2.45) is 0 Å². The first-order chi connectivity index (χ1) is 12.2. The van der Waals surface area contributed by atoms with Crippen LogP contribution in [0.15, 0.2) is 54.6 Å². The molecule has 2 aromatic carbocycles. The van der Waals surface area contributed by atoms with E-state index in [1.807, 2.05) is 11.0 Å². The van der Waals surface area contributed by atoms with Gasteiger partial charge in [-0.3, -0.25) is 9.69 Å². The lowest BCUT2D eigenvalue weighted by atomic mass is 10.2. The summed E-state index contributed by atoms with van der Waals surface area (Å²) in [5.41, 5.74) is 1.89. The van der Waals surface area contributed by atoms with E-state index in [1.165, 1.54) is 11.6 Å². The standard InChI is InChI=1S/C20H24FN3O/c21-19-9-5-4-8-18(19)14-22-15-20(25)24-12-10-23(11-13-24)16-17-6-2-1-3-7-17/h1-9,22H,10-16H2. The van der Waals surface area contributed by atoms with Crippen molar-refractivity contribution in [1.82, 2.24) is 15.1 Å². The average Bonchev–Trinajstić information content (AvgIpc) is 2.65. The largest absolute Gasteiger partial charge is 0.339 e. The van der Waals surface area contributed by atoms with Crippen LogP contribution >= 0.6 is 0 Å². The highest BCUT2D eigenvalue weighted by Crippen LogP contribution is 2.09. The Labute approximate surface area is 148 Å². The normalized spacial score (nSPS) is 15.3. The Morgan fingerprint density at radius 2 is 1.64 bits per heavy atom. The van der Waals surface area contributed by atoms with Gasteiger partial charge >= 0.3 is 0 Å². The Morgan fingerprint density at radius 3 is 2.36 bits per heavy atom. The lowest BCUT2D eigenvalue weighted by Gasteiger charge is -2.34.